The maximum Gasteiger partial charge on any atom is 0.0641 e. The second-order valence-corrected chi connectivity index (χ2v) is 5.24. The Hall–Kier alpha value is -0.870. The lowest BCUT2D eigenvalue weighted by Gasteiger charge is -2.08. The molecule has 1 heterocycles. The number of rotatable bonds is 8. The molecule has 0 aliphatic heterocycles. The van der Waals surface area contributed by atoms with Crippen molar-refractivity contribution in [2.75, 3.05) is 20.3 Å². The summed E-state index contributed by atoms with van der Waals surface area (Å²) in [6, 6.07) is 0. The zero-order valence-electron chi connectivity index (χ0n) is 12.4. The Balaban J connectivity index is 2.57. The Bertz CT molecular complexity index is 358. The lowest BCUT2D eigenvalue weighted by Crippen LogP contribution is -2.19. The molecule has 0 spiro atoms. The Morgan fingerprint density at radius 1 is 1.33 bits per heavy atom. The average molecular weight is 253 g/mol. The largest absolute Gasteiger partial charge is 0.385 e. The van der Waals surface area contributed by atoms with Crippen molar-refractivity contribution in [1.29, 1.82) is 0 Å². The van der Waals surface area contributed by atoms with E-state index in [9.17, 15) is 0 Å². The molecule has 0 atom stereocenters. The number of nitrogens with zero attached hydrogens (tertiary/aromatic N) is 2. The summed E-state index contributed by atoms with van der Waals surface area (Å²) in [7, 11) is 1.74. The van der Waals surface area contributed by atoms with E-state index in [-0.39, 0.29) is 0 Å². The van der Waals surface area contributed by atoms with Gasteiger partial charge in [0.1, 0.15) is 0 Å². The Morgan fingerprint density at radius 2 is 2.06 bits per heavy atom. The molecule has 4 heteroatoms. The van der Waals surface area contributed by atoms with Gasteiger partial charge in [-0.3, -0.25) is 4.68 Å². The molecule has 0 fully saturated rings. The summed E-state index contributed by atoms with van der Waals surface area (Å²) < 4.78 is 7.18. The second kappa shape index (κ2) is 7.54. The van der Waals surface area contributed by atoms with E-state index in [1.54, 1.807) is 7.11 Å². The number of aryl methyl sites for hydroxylation is 2. The van der Waals surface area contributed by atoms with Crippen molar-refractivity contribution < 1.29 is 4.74 Å². The second-order valence-electron chi connectivity index (χ2n) is 5.24. The van der Waals surface area contributed by atoms with Crippen LogP contribution in [-0.4, -0.2) is 30.0 Å². The average Bonchev–Trinajstić information content (AvgIpc) is 2.56. The zero-order chi connectivity index (χ0) is 13.5. The van der Waals surface area contributed by atoms with Crippen LogP contribution in [0.3, 0.4) is 0 Å². The van der Waals surface area contributed by atoms with Gasteiger partial charge in [0.15, 0.2) is 0 Å². The summed E-state index contributed by atoms with van der Waals surface area (Å²) in [4.78, 5) is 0. The molecule has 1 aromatic heterocycles. The van der Waals surface area contributed by atoms with Crippen molar-refractivity contribution in [3.63, 3.8) is 0 Å². The van der Waals surface area contributed by atoms with Gasteiger partial charge in [0.2, 0.25) is 0 Å². The van der Waals surface area contributed by atoms with Crippen LogP contribution in [0.25, 0.3) is 0 Å². The van der Waals surface area contributed by atoms with Gasteiger partial charge in [-0.25, -0.2) is 0 Å². The molecule has 1 rings (SSSR count). The van der Waals surface area contributed by atoms with Gasteiger partial charge in [-0.15, -0.1) is 0 Å². The molecule has 0 saturated heterocycles. The highest BCUT2D eigenvalue weighted by molar-refractivity contribution is 5.24. The van der Waals surface area contributed by atoms with Crippen LogP contribution in [0.1, 0.15) is 37.2 Å². The molecule has 104 valence electrons. The van der Waals surface area contributed by atoms with Crippen molar-refractivity contribution in [1.82, 2.24) is 15.1 Å². The van der Waals surface area contributed by atoms with Crippen LogP contribution in [-0.2, 0) is 17.8 Å². The van der Waals surface area contributed by atoms with E-state index in [0.717, 1.165) is 38.4 Å². The third kappa shape index (κ3) is 4.42. The van der Waals surface area contributed by atoms with Gasteiger partial charge in [0.25, 0.3) is 0 Å². The Kier molecular flexibility index (Phi) is 6.36. The van der Waals surface area contributed by atoms with Crippen LogP contribution < -0.4 is 5.32 Å². The van der Waals surface area contributed by atoms with E-state index < -0.39 is 0 Å². The van der Waals surface area contributed by atoms with Gasteiger partial charge in [0, 0.05) is 38.1 Å². The van der Waals surface area contributed by atoms with Gasteiger partial charge in [0.05, 0.1) is 5.69 Å². The van der Waals surface area contributed by atoms with Crippen LogP contribution >= 0.6 is 0 Å². The van der Waals surface area contributed by atoms with Crippen LogP contribution in [0.5, 0.6) is 0 Å². The number of nitrogens with one attached hydrogen (secondary N) is 1. The van der Waals surface area contributed by atoms with Gasteiger partial charge in [-0.2, -0.15) is 5.10 Å². The van der Waals surface area contributed by atoms with Gasteiger partial charge in [-0.05, 0) is 32.7 Å². The molecule has 0 amide bonds. The van der Waals surface area contributed by atoms with E-state index in [0.29, 0.717) is 5.92 Å². The van der Waals surface area contributed by atoms with Crippen molar-refractivity contribution in [2.45, 2.75) is 47.2 Å². The first-order valence-corrected chi connectivity index (χ1v) is 6.78. The smallest absolute Gasteiger partial charge is 0.0641 e. The summed E-state index contributed by atoms with van der Waals surface area (Å²) in [5, 5.41) is 8.09. The molecule has 0 aromatic carbocycles. The summed E-state index contributed by atoms with van der Waals surface area (Å²) >= 11 is 0. The molecule has 0 bridgehead atoms. The van der Waals surface area contributed by atoms with E-state index in [4.69, 9.17) is 4.74 Å². The minimum absolute atomic E-state index is 0.683. The molecule has 0 unspecified atom stereocenters. The molecule has 0 aliphatic carbocycles. The first-order valence-electron chi connectivity index (χ1n) is 6.78. The summed E-state index contributed by atoms with van der Waals surface area (Å²) in [6.07, 6.45) is 1.01. The SMILES string of the molecule is COCCCn1nc(C)c(CNCC(C)C)c1C. The molecule has 0 radical (unpaired) electrons. The number of methoxy groups -OCH3 is 1. The number of hydrogen-bond donors (Lipinski definition) is 1. The molecule has 1 aromatic rings. The third-order valence-corrected chi connectivity index (χ3v) is 3.10. The van der Waals surface area contributed by atoms with Crippen molar-refractivity contribution >= 4 is 0 Å². The maximum atomic E-state index is 5.08. The lowest BCUT2D eigenvalue weighted by atomic mass is 10.2. The van der Waals surface area contributed by atoms with Crippen molar-refractivity contribution in [3.8, 4) is 0 Å². The lowest BCUT2D eigenvalue weighted by molar-refractivity contribution is 0.188. The quantitative estimate of drug-likeness (QED) is 0.722. The predicted octanol–water partition coefficient (Wildman–Crippen LogP) is 2.28. The molecule has 0 saturated carbocycles. The van der Waals surface area contributed by atoms with Crippen LogP contribution in [0, 0.1) is 19.8 Å². The summed E-state index contributed by atoms with van der Waals surface area (Å²) in [5.74, 6) is 0.683. The molecule has 0 aliphatic rings. The minimum atomic E-state index is 0.683. The molecular formula is C14H27N3O. The van der Waals surface area contributed by atoms with E-state index >= 15 is 0 Å². The fourth-order valence-corrected chi connectivity index (χ4v) is 2.05. The summed E-state index contributed by atoms with van der Waals surface area (Å²) in [5.41, 5.74) is 3.76. The van der Waals surface area contributed by atoms with Crippen molar-refractivity contribution in [3.05, 3.63) is 17.0 Å². The highest BCUT2D eigenvalue weighted by Crippen LogP contribution is 2.13. The molecular weight excluding hydrogens is 226 g/mol. The van der Waals surface area contributed by atoms with E-state index in [1.165, 1.54) is 11.3 Å². The maximum absolute atomic E-state index is 5.08. The third-order valence-electron chi connectivity index (χ3n) is 3.10. The summed E-state index contributed by atoms with van der Waals surface area (Å²) in [6.45, 7) is 12.4. The first-order chi connectivity index (χ1) is 8.56. The van der Waals surface area contributed by atoms with Gasteiger partial charge < -0.3 is 10.1 Å². The normalized spacial score (nSPS) is 11.4. The molecule has 1 N–H and O–H groups in total. The first kappa shape index (κ1) is 15.2. The Labute approximate surface area is 111 Å². The topological polar surface area (TPSA) is 39.1 Å². The van der Waals surface area contributed by atoms with Crippen LogP contribution in [0.4, 0.5) is 0 Å². The van der Waals surface area contributed by atoms with E-state index in [2.05, 4.69) is 42.8 Å². The fourth-order valence-electron chi connectivity index (χ4n) is 2.05. The number of hydrogen-bond acceptors (Lipinski definition) is 3. The number of ether oxygens (including phenoxy) is 1. The standard InChI is InChI=1S/C14H27N3O/c1-11(2)9-15-10-14-12(3)16-17(13(14)4)7-6-8-18-5/h11,15H,6-10H2,1-5H3. The monoisotopic (exact) mass is 253 g/mol. The van der Waals surface area contributed by atoms with Gasteiger partial charge >= 0.3 is 0 Å². The van der Waals surface area contributed by atoms with Crippen molar-refractivity contribution in [2.24, 2.45) is 5.92 Å². The van der Waals surface area contributed by atoms with Crippen LogP contribution in [0.2, 0.25) is 0 Å². The molecule has 4 nitrogen and oxygen atoms in total. The van der Waals surface area contributed by atoms with Crippen LogP contribution in [0.15, 0.2) is 0 Å². The molecule has 18 heavy (non-hydrogen) atoms. The highest BCUT2D eigenvalue weighted by atomic mass is 16.5. The highest BCUT2D eigenvalue weighted by Gasteiger charge is 2.10. The zero-order valence-corrected chi connectivity index (χ0v) is 12.4. The predicted molar refractivity (Wildman–Crippen MR) is 74.7 cm³/mol. The minimum Gasteiger partial charge on any atom is -0.385 e. The van der Waals surface area contributed by atoms with E-state index in [1.807, 2.05) is 0 Å². The fraction of sp³-hybridized carbons (Fsp3) is 0.786. The van der Waals surface area contributed by atoms with Gasteiger partial charge in [-0.1, -0.05) is 13.8 Å². The number of aromatic nitrogens is 2. The Morgan fingerprint density at radius 3 is 2.67 bits per heavy atom.